The molecule has 1 heterocycles. The van der Waals surface area contributed by atoms with Gasteiger partial charge in [0.05, 0.1) is 0 Å². The first kappa shape index (κ1) is 14.6. The monoisotopic (exact) mass is 275 g/mol. The van der Waals surface area contributed by atoms with Crippen molar-refractivity contribution in [2.45, 2.75) is 45.6 Å². The van der Waals surface area contributed by atoms with E-state index in [1.165, 1.54) is 0 Å². The standard InChI is InChI=1S/C16H21NO3/c1-11-7-6-8-12(2)14(11)15(18)17-10-5-3-4-9-13(17)16(19)20/h6-8,13H,3-5,9-10H2,1-2H3,(H,19,20). The maximum absolute atomic E-state index is 12.8. The fourth-order valence-electron chi connectivity index (χ4n) is 2.90. The van der Waals surface area contributed by atoms with Gasteiger partial charge in [0.1, 0.15) is 6.04 Å². The molecule has 1 saturated heterocycles. The SMILES string of the molecule is Cc1cccc(C)c1C(=O)N1CCCCCC1C(=O)O. The maximum atomic E-state index is 12.8. The number of hydrogen-bond donors (Lipinski definition) is 1. The minimum Gasteiger partial charge on any atom is -0.480 e. The van der Waals surface area contributed by atoms with Gasteiger partial charge in [-0.1, -0.05) is 31.0 Å². The second kappa shape index (κ2) is 6.07. The highest BCUT2D eigenvalue weighted by atomic mass is 16.4. The Kier molecular flexibility index (Phi) is 4.42. The van der Waals surface area contributed by atoms with E-state index in [1.54, 1.807) is 4.90 Å². The molecule has 1 amide bonds. The van der Waals surface area contributed by atoms with Gasteiger partial charge in [0, 0.05) is 12.1 Å². The highest BCUT2D eigenvalue weighted by Gasteiger charge is 2.32. The number of carbonyl (C=O) groups excluding carboxylic acids is 1. The van der Waals surface area contributed by atoms with Crippen LogP contribution in [0.2, 0.25) is 0 Å². The number of amides is 1. The molecule has 4 heteroatoms. The Hall–Kier alpha value is -1.84. The van der Waals surface area contributed by atoms with Crippen LogP contribution in [0.1, 0.15) is 47.2 Å². The topological polar surface area (TPSA) is 57.6 Å². The highest BCUT2D eigenvalue weighted by molar-refractivity contribution is 5.99. The lowest BCUT2D eigenvalue weighted by molar-refractivity contribution is -0.142. The lowest BCUT2D eigenvalue weighted by atomic mass is 10.0. The molecule has 0 bridgehead atoms. The fourth-order valence-corrected chi connectivity index (χ4v) is 2.90. The molecule has 4 nitrogen and oxygen atoms in total. The van der Waals surface area contributed by atoms with Crippen molar-refractivity contribution in [1.29, 1.82) is 0 Å². The number of likely N-dealkylation sites (tertiary alicyclic amines) is 1. The first-order chi connectivity index (χ1) is 9.52. The quantitative estimate of drug-likeness (QED) is 0.903. The summed E-state index contributed by atoms with van der Waals surface area (Å²) in [7, 11) is 0. The van der Waals surface area contributed by atoms with Crippen LogP contribution in [0, 0.1) is 13.8 Å². The van der Waals surface area contributed by atoms with Crippen LogP contribution >= 0.6 is 0 Å². The van der Waals surface area contributed by atoms with Crippen LogP contribution in [0.3, 0.4) is 0 Å². The van der Waals surface area contributed by atoms with Crippen LogP contribution in [0.15, 0.2) is 18.2 Å². The number of aryl methyl sites for hydroxylation is 2. The predicted octanol–water partition coefficient (Wildman–Crippen LogP) is 2.77. The molecular formula is C16H21NO3. The van der Waals surface area contributed by atoms with Gasteiger partial charge >= 0.3 is 5.97 Å². The molecule has 1 N–H and O–H groups in total. The molecule has 0 aromatic heterocycles. The number of carboxylic acid groups (broad SMARTS) is 1. The van der Waals surface area contributed by atoms with Gasteiger partial charge in [-0.3, -0.25) is 4.79 Å². The van der Waals surface area contributed by atoms with Crippen molar-refractivity contribution < 1.29 is 14.7 Å². The molecule has 20 heavy (non-hydrogen) atoms. The number of aliphatic carboxylic acids is 1. The molecule has 1 aliphatic heterocycles. The molecule has 1 atom stereocenters. The van der Waals surface area contributed by atoms with Crippen molar-refractivity contribution in [3.8, 4) is 0 Å². The Morgan fingerprint density at radius 2 is 1.80 bits per heavy atom. The van der Waals surface area contributed by atoms with E-state index >= 15 is 0 Å². The number of carbonyl (C=O) groups is 2. The Morgan fingerprint density at radius 1 is 1.15 bits per heavy atom. The summed E-state index contributed by atoms with van der Waals surface area (Å²) in [5.41, 5.74) is 2.47. The van der Waals surface area contributed by atoms with Crippen molar-refractivity contribution in [3.63, 3.8) is 0 Å². The second-order valence-corrected chi connectivity index (χ2v) is 5.47. The number of hydrogen-bond acceptors (Lipinski definition) is 2. The molecule has 1 aromatic rings. The summed E-state index contributed by atoms with van der Waals surface area (Å²) < 4.78 is 0. The third-order valence-corrected chi connectivity index (χ3v) is 3.99. The van der Waals surface area contributed by atoms with Gasteiger partial charge in [0.15, 0.2) is 0 Å². The summed E-state index contributed by atoms with van der Waals surface area (Å²) in [4.78, 5) is 25.7. The van der Waals surface area contributed by atoms with E-state index in [9.17, 15) is 14.7 Å². The molecule has 0 aliphatic carbocycles. The normalized spacial score (nSPS) is 19.5. The maximum Gasteiger partial charge on any atom is 0.326 e. The Balaban J connectivity index is 2.36. The number of nitrogens with zero attached hydrogens (tertiary/aromatic N) is 1. The molecule has 1 fully saturated rings. The molecule has 0 radical (unpaired) electrons. The molecule has 1 aromatic carbocycles. The molecular weight excluding hydrogens is 254 g/mol. The van der Waals surface area contributed by atoms with Crippen LogP contribution < -0.4 is 0 Å². The van der Waals surface area contributed by atoms with E-state index in [4.69, 9.17) is 0 Å². The van der Waals surface area contributed by atoms with Gasteiger partial charge in [-0.2, -0.15) is 0 Å². The summed E-state index contributed by atoms with van der Waals surface area (Å²) in [6.07, 6.45) is 3.28. The molecule has 2 rings (SSSR count). The third-order valence-electron chi connectivity index (χ3n) is 3.99. The third kappa shape index (κ3) is 2.84. The highest BCUT2D eigenvalue weighted by Crippen LogP contribution is 2.22. The van der Waals surface area contributed by atoms with E-state index in [0.29, 0.717) is 18.5 Å². The average Bonchev–Trinajstić information content (AvgIpc) is 2.63. The number of carboxylic acids is 1. The van der Waals surface area contributed by atoms with Crippen molar-refractivity contribution >= 4 is 11.9 Å². The van der Waals surface area contributed by atoms with E-state index in [0.717, 1.165) is 30.4 Å². The van der Waals surface area contributed by atoms with Crippen LogP contribution in [0.25, 0.3) is 0 Å². The van der Waals surface area contributed by atoms with E-state index in [2.05, 4.69) is 0 Å². The summed E-state index contributed by atoms with van der Waals surface area (Å²) in [6, 6.07) is 5.02. The summed E-state index contributed by atoms with van der Waals surface area (Å²) in [6.45, 7) is 4.32. The zero-order valence-electron chi connectivity index (χ0n) is 12.1. The summed E-state index contributed by atoms with van der Waals surface area (Å²) in [5.74, 6) is -1.04. The Labute approximate surface area is 119 Å². The molecule has 0 spiro atoms. The van der Waals surface area contributed by atoms with Gasteiger partial charge < -0.3 is 10.0 Å². The summed E-state index contributed by atoms with van der Waals surface area (Å²) >= 11 is 0. The number of rotatable bonds is 2. The van der Waals surface area contributed by atoms with Gasteiger partial charge in [-0.05, 0) is 37.8 Å². The molecule has 108 valence electrons. The van der Waals surface area contributed by atoms with Gasteiger partial charge in [0.2, 0.25) is 0 Å². The molecule has 1 aliphatic rings. The van der Waals surface area contributed by atoms with Crippen LogP contribution in [-0.4, -0.2) is 34.5 Å². The van der Waals surface area contributed by atoms with E-state index in [1.807, 2.05) is 32.0 Å². The molecule has 0 saturated carbocycles. The largest absolute Gasteiger partial charge is 0.480 e. The van der Waals surface area contributed by atoms with Crippen LogP contribution in [0.5, 0.6) is 0 Å². The minimum atomic E-state index is -0.897. The van der Waals surface area contributed by atoms with Crippen molar-refractivity contribution in [3.05, 3.63) is 34.9 Å². The Morgan fingerprint density at radius 3 is 2.40 bits per heavy atom. The lowest BCUT2D eigenvalue weighted by Crippen LogP contribution is -2.45. The zero-order valence-corrected chi connectivity index (χ0v) is 12.1. The molecule has 1 unspecified atom stereocenters. The van der Waals surface area contributed by atoms with E-state index in [-0.39, 0.29) is 5.91 Å². The van der Waals surface area contributed by atoms with E-state index < -0.39 is 12.0 Å². The van der Waals surface area contributed by atoms with Crippen LogP contribution in [-0.2, 0) is 4.79 Å². The first-order valence-electron chi connectivity index (χ1n) is 7.12. The Bertz CT molecular complexity index is 504. The number of benzene rings is 1. The first-order valence-corrected chi connectivity index (χ1v) is 7.12. The fraction of sp³-hybridized carbons (Fsp3) is 0.500. The predicted molar refractivity (Wildman–Crippen MR) is 76.8 cm³/mol. The van der Waals surface area contributed by atoms with Crippen molar-refractivity contribution in [1.82, 2.24) is 4.90 Å². The minimum absolute atomic E-state index is 0.144. The van der Waals surface area contributed by atoms with Crippen molar-refractivity contribution in [2.24, 2.45) is 0 Å². The summed E-state index contributed by atoms with van der Waals surface area (Å²) in [5, 5.41) is 9.37. The zero-order chi connectivity index (χ0) is 14.7. The lowest BCUT2D eigenvalue weighted by Gasteiger charge is -2.28. The van der Waals surface area contributed by atoms with Crippen LogP contribution in [0.4, 0.5) is 0 Å². The average molecular weight is 275 g/mol. The second-order valence-electron chi connectivity index (χ2n) is 5.47. The van der Waals surface area contributed by atoms with Crippen molar-refractivity contribution in [2.75, 3.05) is 6.54 Å². The van der Waals surface area contributed by atoms with Gasteiger partial charge in [-0.15, -0.1) is 0 Å². The smallest absolute Gasteiger partial charge is 0.326 e. The van der Waals surface area contributed by atoms with Gasteiger partial charge in [-0.25, -0.2) is 4.79 Å². The van der Waals surface area contributed by atoms with Gasteiger partial charge in [0.25, 0.3) is 5.91 Å².